The van der Waals surface area contributed by atoms with Crippen molar-refractivity contribution < 1.29 is 4.21 Å². The predicted octanol–water partition coefficient (Wildman–Crippen LogP) is 3.15. The molecule has 0 saturated heterocycles. The van der Waals surface area contributed by atoms with Gasteiger partial charge in [0, 0.05) is 11.9 Å². The maximum atomic E-state index is 12.1. The van der Waals surface area contributed by atoms with Gasteiger partial charge in [-0.3, -0.25) is 4.21 Å². The second-order valence-corrected chi connectivity index (χ2v) is 8.02. The molecule has 0 bridgehead atoms. The minimum Gasteiger partial charge on any atom is -0.252 e. The number of hydrogen-bond acceptors (Lipinski definition) is 4. The zero-order valence-electron chi connectivity index (χ0n) is 10.5. The van der Waals surface area contributed by atoms with Gasteiger partial charge in [0.15, 0.2) is 9.99 Å². The van der Waals surface area contributed by atoms with Gasteiger partial charge in [0.2, 0.25) is 0 Å². The van der Waals surface area contributed by atoms with Gasteiger partial charge in [0.05, 0.1) is 15.5 Å². The lowest BCUT2D eigenvalue weighted by atomic mass is 10.0. The molecule has 5 heteroatoms. The molecule has 0 amide bonds. The van der Waals surface area contributed by atoms with E-state index >= 15 is 0 Å². The number of rotatable bonds is 2. The van der Waals surface area contributed by atoms with Gasteiger partial charge in [-0.25, -0.2) is 9.97 Å². The van der Waals surface area contributed by atoms with Crippen LogP contribution >= 0.6 is 11.3 Å². The van der Waals surface area contributed by atoms with Crippen molar-refractivity contribution in [1.82, 2.24) is 9.97 Å². The summed E-state index contributed by atoms with van der Waals surface area (Å²) < 4.78 is 13.9. The van der Waals surface area contributed by atoms with Crippen LogP contribution in [0.25, 0.3) is 10.3 Å². The summed E-state index contributed by atoms with van der Waals surface area (Å²) in [5.41, 5.74) is 1.86. The molecule has 0 N–H and O–H groups in total. The second kappa shape index (κ2) is 4.46. The highest BCUT2D eigenvalue weighted by Gasteiger charge is 2.19. The fraction of sp³-hybridized carbons (Fsp3) is 0.500. The van der Waals surface area contributed by atoms with Crippen molar-refractivity contribution in [3.63, 3.8) is 0 Å². The summed E-state index contributed by atoms with van der Waals surface area (Å²) in [7, 11) is -1.02. The highest BCUT2D eigenvalue weighted by atomic mass is 32.2. The largest absolute Gasteiger partial charge is 0.252 e. The average molecular weight is 268 g/mol. The highest BCUT2D eigenvalue weighted by Crippen LogP contribution is 2.26. The molecule has 0 aromatic carbocycles. The van der Waals surface area contributed by atoms with E-state index in [2.05, 4.69) is 30.7 Å². The molecule has 92 valence electrons. The molecule has 3 nitrogen and oxygen atoms in total. The Balaban J connectivity index is 2.33. The molecule has 0 aliphatic heterocycles. The smallest absolute Gasteiger partial charge is 0.183 e. The van der Waals surface area contributed by atoms with Crippen LogP contribution < -0.4 is 0 Å². The van der Waals surface area contributed by atoms with E-state index < -0.39 is 10.8 Å². The molecule has 2 aromatic heterocycles. The van der Waals surface area contributed by atoms with Crippen LogP contribution in [0, 0.1) is 12.3 Å². The molecule has 0 fully saturated rings. The number of fused-ring (bicyclic) bond motifs is 1. The topological polar surface area (TPSA) is 42.9 Å². The zero-order chi connectivity index (χ0) is 12.6. The van der Waals surface area contributed by atoms with Crippen molar-refractivity contribution in [3.05, 3.63) is 17.8 Å². The fourth-order valence-corrected chi connectivity index (χ4v) is 4.12. The lowest BCUT2D eigenvalue weighted by Gasteiger charge is -2.15. The highest BCUT2D eigenvalue weighted by molar-refractivity contribution is 7.87. The van der Waals surface area contributed by atoms with Gasteiger partial charge in [-0.1, -0.05) is 20.8 Å². The van der Waals surface area contributed by atoms with Crippen molar-refractivity contribution in [1.29, 1.82) is 0 Å². The molecule has 2 aromatic rings. The molecule has 2 rings (SSSR count). The van der Waals surface area contributed by atoms with Crippen LogP contribution in [0.1, 0.15) is 26.3 Å². The summed E-state index contributed by atoms with van der Waals surface area (Å²) in [6.07, 6.45) is 1.79. The van der Waals surface area contributed by atoms with Crippen LogP contribution in [0.15, 0.2) is 16.6 Å². The lowest BCUT2D eigenvalue weighted by molar-refractivity contribution is 0.474. The van der Waals surface area contributed by atoms with E-state index in [1.807, 2.05) is 13.0 Å². The van der Waals surface area contributed by atoms with E-state index in [4.69, 9.17) is 0 Å². The third kappa shape index (κ3) is 3.10. The Labute approximate surface area is 108 Å². The number of nitrogens with zero attached hydrogens (tertiary/aromatic N) is 2. The summed E-state index contributed by atoms with van der Waals surface area (Å²) in [6.45, 7) is 8.25. The molecule has 0 radical (unpaired) electrons. The molecule has 0 unspecified atom stereocenters. The third-order valence-electron chi connectivity index (χ3n) is 2.12. The van der Waals surface area contributed by atoms with Crippen LogP contribution in [0.3, 0.4) is 0 Å². The van der Waals surface area contributed by atoms with Gasteiger partial charge in [0.25, 0.3) is 0 Å². The Bertz CT molecular complexity index is 569. The average Bonchev–Trinajstić information content (AvgIpc) is 2.57. The van der Waals surface area contributed by atoms with E-state index in [1.54, 1.807) is 6.20 Å². The monoisotopic (exact) mass is 268 g/mol. The van der Waals surface area contributed by atoms with Crippen LogP contribution in [0.4, 0.5) is 0 Å². The molecule has 17 heavy (non-hydrogen) atoms. The Morgan fingerprint density at radius 3 is 2.76 bits per heavy atom. The first-order valence-electron chi connectivity index (χ1n) is 5.47. The molecule has 0 aliphatic carbocycles. The lowest BCUT2D eigenvalue weighted by Crippen LogP contribution is -2.16. The van der Waals surface area contributed by atoms with Crippen LogP contribution in [0.2, 0.25) is 0 Å². The Morgan fingerprint density at radius 2 is 2.12 bits per heavy atom. The van der Waals surface area contributed by atoms with Crippen molar-refractivity contribution in [3.8, 4) is 0 Å². The van der Waals surface area contributed by atoms with E-state index in [9.17, 15) is 4.21 Å². The Hall–Kier alpha value is -0.810. The van der Waals surface area contributed by atoms with E-state index in [0.717, 1.165) is 10.3 Å². The Kier molecular flexibility index (Phi) is 3.32. The zero-order valence-corrected chi connectivity index (χ0v) is 12.1. The molecule has 0 aliphatic rings. The number of thiazole rings is 1. The molecular formula is C12H16N2OS2. The van der Waals surface area contributed by atoms with E-state index in [0.29, 0.717) is 15.7 Å². The van der Waals surface area contributed by atoms with Crippen LogP contribution in [0.5, 0.6) is 0 Å². The molecule has 2 heterocycles. The summed E-state index contributed by atoms with van der Waals surface area (Å²) >= 11 is 1.49. The standard InChI is InChI=1S/C12H16N2OS2/c1-8-5-9-10(13-6-8)14-11(16-9)17(15)7-12(2,3)4/h5-6H,7H2,1-4H3/t17-/m0/s1. The van der Waals surface area contributed by atoms with Gasteiger partial charge in [0.1, 0.15) is 0 Å². The van der Waals surface area contributed by atoms with Crippen LogP contribution in [-0.4, -0.2) is 19.9 Å². The fourth-order valence-electron chi connectivity index (χ4n) is 1.45. The maximum absolute atomic E-state index is 12.1. The van der Waals surface area contributed by atoms with Crippen molar-refractivity contribution in [2.45, 2.75) is 32.0 Å². The number of pyridine rings is 1. The summed E-state index contributed by atoms with van der Waals surface area (Å²) in [6, 6.07) is 2.04. The summed E-state index contributed by atoms with van der Waals surface area (Å²) in [5.74, 6) is 0.631. The van der Waals surface area contributed by atoms with E-state index in [-0.39, 0.29) is 5.41 Å². The summed E-state index contributed by atoms with van der Waals surface area (Å²) in [4.78, 5) is 8.59. The first kappa shape index (κ1) is 12.6. The van der Waals surface area contributed by atoms with Gasteiger partial charge in [-0.05, 0) is 24.0 Å². The quantitative estimate of drug-likeness (QED) is 0.840. The van der Waals surface area contributed by atoms with Crippen molar-refractivity contribution in [2.24, 2.45) is 5.41 Å². The van der Waals surface area contributed by atoms with Crippen molar-refractivity contribution >= 4 is 32.5 Å². The van der Waals surface area contributed by atoms with Gasteiger partial charge < -0.3 is 0 Å². The molecule has 0 spiro atoms. The van der Waals surface area contributed by atoms with Crippen molar-refractivity contribution in [2.75, 3.05) is 5.75 Å². The minimum absolute atomic E-state index is 0.0477. The van der Waals surface area contributed by atoms with Gasteiger partial charge >= 0.3 is 0 Å². The van der Waals surface area contributed by atoms with Gasteiger partial charge in [-0.15, -0.1) is 11.3 Å². The second-order valence-electron chi connectivity index (χ2n) is 5.36. The van der Waals surface area contributed by atoms with Gasteiger partial charge in [-0.2, -0.15) is 0 Å². The minimum atomic E-state index is -1.02. The predicted molar refractivity (Wildman–Crippen MR) is 72.9 cm³/mol. The third-order valence-corrected chi connectivity index (χ3v) is 5.33. The van der Waals surface area contributed by atoms with E-state index in [1.165, 1.54) is 11.3 Å². The molecular weight excluding hydrogens is 252 g/mol. The molecule has 0 saturated carbocycles. The number of aromatic nitrogens is 2. The summed E-state index contributed by atoms with van der Waals surface area (Å²) in [5, 5.41) is 0. The number of aryl methyl sites for hydroxylation is 1. The first-order chi connectivity index (χ1) is 7.85. The van der Waals surface area contributed by atoms with Crippen LogP contribution in [-0.2, 0) is 10.8 Å². The first-order valence-corrected chi connectivity index (χ1v) is 7.60. The SMILES string of the molecule is Cc1cnc2nc([S@@](=O)CC(C)(C)C)sc2c1. The number of hydrogen-bond donors (Lipinski definition) is 0. The normalized spacial score (nSPS) is 14.1. The Morgan fingerprint density at radius 1 is 1.41 bits per heavy atom. The molecule has 1 atom stereocenters. The maximum Gasteiger partial charge on any atom is 0.183 e.